The van der Waals surface area contributed by atoms with Gasteiger partial charge >= 0.3 is 0 Å². The van der Waals surface area contributed by atoms with E-state index < -0.39 is 15.9 Å². The Morgan fingerprint density at radius 2 is 1.81 bits per heavy atom. The molecule has 1 aliphatic heterocycles. The summed E-state index contributed by atoms with van der Waals surface area (Å²) in [6, 6.07) is 11.3. The average molecular weight is 459 g/mol. The van der Waals surface area contributed by atoms with Crippen LogP contribution >= 0.6 is 11.6 Å². The van der Waals surface area contributed by atoms with Crippen LogP contribution in [0.1, 0.15) is 36.0 Å². The smallest absolute Gasteiger partial charge is 0.255 e. The number of hydrogen-bond donors (Lipinski definition) is 1. The van der Waals surface area contributed by atoms with E-state index in [2.05, 4.69) is 10.3 Å². The van der Waals surface area contributed by atoms with Gasteiger partial charge in [0.1, 0.15) is 0 Å². The number of nitrogens with zero attached hydrogens (tertiary/aromatic N) is 3. The zero-order valence-electron chi connectivity index (χ0n) is 16.9. The highest BCUT2D eigenvalue weighted by molar-refractivity contribution is 7.89. The van der Waals surface area contributed by atoms with Crippen LogP contribution in [-0.4, -0.2) is 41.3 Å². The first-order valence-electron chi connectivity index (χ1n) is 10.1. The highest BCUT2D eigenvalue weighted by Crippen LogP contribution is 2.25. The molecule has 9 heteroatoms. The van der Waals surface area contributed by atoms with Crippen molar-refractivity contribution in [3.05, 3.63) is 71.8 Å². The predicted octanol–water partition coefficient (Wildman–Crippen LogP) is 4.34. The summed E-state index contributed by atoms with van der Waals surface area (Å²) in [6.07, 6.45) is 8.85. The molecule has 0 aliphatic carbocycles. The van der Waals surface area contributed by atoms with E-state index in [9.17, 15) is 13.2 Å². The van der Waals surface area contributed by atoms with Gasteiger partial charge in [0, 0.05) is 36.7 Å². The van der Waals surface area contributed by atoms with E-state index in [1.165, 1.54) is 16.4 Å². The topological polar surface area (TPSA) is 84.3 Å². The molecule has 0 saturated carbocycles. The van der Waals surface area contributed by atoms with Crippen LogP contribution in [0.25, 0.3) is 5.69 Å². The lowest BCUT2D eigenvalue weighted by molar-refractivity contribution is 0.102. The molecule has 4 rings (SSSR count). The number of benzene rings is 2. The van der Waals surface area contributed by atoms with Gasteiger partial charge in [0.2, 0.25) is 10.0 Å². The molecule has 1 saturated heterocycles. The van der Waals surface area contributed by atoms with Crippen LogP contribution in [0, 0.1) is 0 Å². The largest absolute Gasteiger partial charge is 0.322 e. The third-order valence-electron chi connectivity index (χ3n) is 5.29. The Bertz CT molecular complexity index is 1170. The molecule has 0 radical (unpaired) electrons. The van der Waals surface area contributed by atoms with E-state index in [1.807, 2.05) is 0 Å². The average Bonchev–Trinajstić information content (AvgIpc) is 3.14. The van der Waals surface area contributed by atoms with E-state index >= 15 is 0 Å². The van der Waals surface area contributed by atoms with E-state index in [1.54, 1.807) is 53.6 Å². The standard InChI is InChI=1S/C22H23ClN4O3S/c23-20-15-18(8-9-21(20)26-13-10-24-16-26)25-22(28)17-6-5-7-19(14-17)31(29,30)27-11-3-1-2-4-12-27/h5-10,13-16H,1-4,11-12H2,(H,25,28). The second-order valence-corrected chi connectivity index (χ2v) is 9.78. The van der Waals surface area contributed by atoms with E-state index in [0.29, 0.717) is 23.8 Å². The quantitative estimate of drug-likeness (QED) is 0.616. The van der Waals surface area contributed by atoms with Gasteiger partial charge in [0.05, 0.1) is 21.9 Å². The van der Waals surface area contributed by atoms with Gasteiger partial charge in [0.15, 0.2) is 0 Å². The molecule has 0 spiro atoms. The Morgan fingerprint density at radius 3 is 2.48 bits per heavy atom. The van der Waals surface area contributed by atoms with Gasteiger partial charge in [-0.3, -0.25) is 4.79 Å². The summed E-state index contributed by atoms with van der Waals surface area (Å²) < 4.78 is 29.4. The second kappa shape index (κ2) is 9.21. The van der Waals surface area contributed by atoms with E-state index in [0.717, 1.165) is 31.4 Å². The fourth-order valence-electron chi connectivity index (χ4n) is 3.63. The summed E-state index contributed by atoms with van der Waals surface area (Å²) in [6.45, 7) is 1.03. The van der Waals surface area contributed by atoms with Gasteiger partial charge in [-0.2, -0.15) is 4.31 Å². The normalized spacial score (nSPS) is 15.4. The van der Waals surface area contributed by atoms with Gasteiger partial charge in [-0.05, 0) is 49.2 Å². The highest BCUT2D eigenvalue weighted by atomic mass is 35.5. The maximum absolute atomic E-state index is 13.0. The lowest BCUT2D eigenvalue weighted by atomic mass is 10.2. The Labute approximate surface area is 186 Å². The molecule has 1 amide bonds. The van der Waals surface area contributed by atoms with Crippen molar-refractivity contribution in [2.24, 2.45) is 0 Å². The molecule has 1 N–H and O–H groups in total. The minimum absolute atomic E-state index is 0.135. The zero-order valence-corrected chi connectivity index (χ0v) is 18.4. The van der Waals surface area contributed by atoms with Gasteiger partial charge in [-0.1, -0.05) is 30.5 Å². The number of sulfonamides is 1. The molecule has 0 atom stereocenters. The number of carbonyl (C=O) groups excluding carboxylic acids is 1. The van der Waals surface area contributed by atoms with Gasteiger partial charge < -0.3 is 9.88 Å². The SMILES string of the molecule is O=C(Nc1ccc(-n2ccnc2)c(Cl)c1)c1cccc(S(=O)(=O)N2CCCCCC2)c1. The molecule has 2 aromatic carbocycles. The molecular formula is C22H23ClN4O3S. The Morgan fingerprint density at radius 1 is 1.03 bits per heavy atom. The first-order chi connectivity index (χ1) is 14.9. The Hall–Kier alpha value is -2.68. The molecule has 1 aromatic heterocycles. The highest BCUT2D eigenvalue weighted by Gasteiger charge is 2.25. The van der Waals surface area contributed by atoms with Crippen molar-refractivity contribution in [3.63, 3.8) is 0 Å². The lowest BCUT2D eigenvalue weighted by Gasteiger charge is -2.20. The number of imidazole rings is 1. The minimum Gasteiger partial charge on any atom is -0.322 e. The molecular weight excluding hydrogens is 436 g/mol. The monoisotopic (exact) mass is 458 g/mol. The van der Waals surface area contributed by atoms with Crippen molar-refractivity contribution in [1.82, 2.24) is 13.9 Å². The summed E-state index contributed by atoms with van der Waals surface area (Å²) in [4.78, 5) is 16.9. The van der Waals surface area contributed by atoms with Crippen molar-refractivity contribution in [1.29, 1.82) is 0 Å². The molecule has 2 heterocycles. The second-order valence-electron chi connectivity index (χ2n) is 7.44. The van der Waals surface area contributed by atoms with Crippen LogP contribution in [0.4, 0.5) is 5.69 Å². The number of anilines is 1. The fraction of sp³-hybridized carbons (Fsp3) is 0.273. The first-order valence-corrected chi connectivity index (χ1v) is 12.0. The Balaban J connectivity index is 1.53. The Kier molecular flexibility index (Phi) is 6.41. The van der Waals surface area contributed by atoms with Crippen LogP contribution in [0.5, 0.6) is 0 Å². The van der Waals surface area contributed by atoms with E-state index in [4.69, 9.17) is 11.6 Å². The summed E-state index contributed by atoms with van der Waals surface area (Å²) in [5.74, 6) is -0.403. The molecule has 31 heavy (non-hydrogen) atoms. The van der Waals surface area contributed by atoms with Crippen molar-refractivity contribution in [2.75, 3.05) is 18.4 Å². The fourth-order valence-corrected chi connectivity index (χ4v) is 5.47. The summed E-state index contributed by atoms with van der Waals surface area (Å²) in [5.41, 5.74) is 1.52. The molecule has 1 aliphatic rings. The van der Waals surface area contributed by atoms with Crippen molar-refractivity contribution in [2.45, 2.75) is 30.6 Å². The van der Waals surface area contributed by atoms with Gasteiger partial charge in [-0.25, -0.2) is 13.4 Å². The van der Waals surface area contributed by atoms with Gasteiger partial charge in [0.25, 0.3) is 5.91 Å². The van der Waals surface area contributed by atoms with Crippen LogP contribution in [0.2, 0.25) is 5.02 Å². The molecule has 0 unspecified atom stereocenters. The van der Waals surface area contributed by atoms with Crippen LogP contribution in [-0.2, 0) is 10.0 Å². The molecule has 1 fully saturated rings. The zero-order chi connectivity index (χ0) is 21.8. The third kappa shape index (κ3) is 4.81. The first kappa shape index (κ1) is 21.5. The summed E-state index contributed by atoms with van der Waals surface area (Å²) in [5, 5.41) is 3.24. The minimum atomic E-state index is -3.63. The number of carbonyl (C=O) groups is 1. The van der Waals surface area contributed by atoms with Gasteiger partial charge in [-0.15, -0.1) is 0 Å². The molecule has 7 nitrogen and oxygen atoms in total. The van der Waals surface area contributed by atoms with Crippen LogP contribution < -0.4 is 5.32 Å². The lowest BCUT2D eigenvalue weighted by Crippen LogP contribution is -2.32. The maximum atomic E-state index is 13.0. The van der Waals surface area contributed by atoms with Crippen molar-refractivity contribution < 1.29 is 13.2 Å². The number of nitrogens with one attached hydrogen (secondary N) is 1. The number of hydrogen-bond acceptors (Lipinski definition) is 4. The number of halogens is 1. The van der Waals surface area contributed by atoms with E-state index in [-0.39, 0.29) is 10.5 Å². The number of aromatic nitrogens is 2. The summed E-state index contributed by atoms with van der Waals surface area (Å²) in [7, 11) is -3.63. The molecule has 162 valence electrons. The van der Waals surface area contributed by atoms with Crippen LogP contribution in [0.15, 0.2) is 66.1 Å². The summed E-state index contributed by atoms with van der Waals surface area (Å²) >= 11 is 6.35. The third-order valence-corrected chi connectivity index (χ3v) is 7.48. The van der Waals surface area contributed by atoms with Crippen molar-refractivity contribution >= 4 is 33.2 Å². The van der Waals surface area contributed by atoms with Crippen molar-refractivity contribution in [3.8, 4) is 5.69 Å². The van der Waals surface area contributed by atoms with Crippen LogP contribution in [0.3, 0.4) is 0 Å². The predicted molar refractivity (Wildman–Crippen MR) is 120 cm³/mol. The number of rotatable bonds is 5. The number of amides is 1. The maximum Gasteiger partial charge on any atom is 0.255 e. The molecule has 0 bridgehead atoms. The molecule has 3 aromatic rings.